The van der Waals surface area contributed by atoms with Crippen LogP contribution in [0, 0.1) is 13.8 Å². The van der Waals surface area contributed by atoms with Gasteiger partial charge in [-0.25, -0.2) is 0 Å². The molecule has 0 saturated carbocycles. The third-order valence-corrected chi connectivity index (χ3v) is 2.81. The average molecular weight is 185 g/mol. The molecule has 2 heteroatoms. The molecular weight excluding hydrogens is 174 g/mol. The molecule has 0 amide bonds. The second-order valence-corrected chi connectivity index (χ2v) is 3.64. The summed E-state index contributed by atoms with van der Waals surface area (Å²) >= 11 is 0. The first kappa shape index (κ1) is 7.68. The average Bonchev–Trinajstić information content (AvgIpc) is 2.67. The molecule has 0 unspecified atom stereocenters. The molecule has 3 heterocycles. The molecule has 0 aromatic carbocycles. The van der Waals surface area contributed by atoms with E-state index in [1.165, 1.54) is 16.5 Å². The number of furan rings is 1. The lowest BCUT2D eigenvalue weighted by atomic mass is 10.2. The third kappa shape index (κ3) is 0.803. The van der Waals surface area contributed by atoms with E-state index in [-0.39, 0.29) is 0 Å². The Morgan fingerprint density at radius 2 is 2.07 bits per heavy atom. The Balaban J connectivity index is 2.60. The molecule has 0 aliphatic carbocycles. The topological polar surface area (TPSA) is 17.6 Å². The van der Waals surface area contributed by atoms with Crippen molar-refractivity contribution < 1.29 is 4.42 Å². The van der Waals surface area contributed by atoms with Crippen molar-refractivity contribution in [3.8, 4) is 0 Å². The second-order valence-electron chi connectivity index (χ2n) is 3.64. The Morgan fingerprint density at radius 3 is 2.93 bits per heavy atom. The zero-order chi connectivity index (χ0) is 9.71. The quantitative estimate of drug-likeness (QED) is 0.525. The Bertz CT molecular complexity index is 616. The normalized spacial score (nSPS) is 11.6. The van der Waals surface area contributed by atoms with E-state index in [9.17, 15) is 0 Å². The maximum Gasteiger partial charge on any atom is 0.211 e. The van der Waals surface area contributed by atoms with Crippen molar-refractivity contribution in [1.29, 1.82) is 0 Å². The molecule has 0 aliphatic rings. The van der Waals surface area contributed by atoms with Crippen LogP contribution < -0.4 is 0 Å². The van der Waals surface area contributed by atoms with Crippen molar-refractivity contribution >= 4 is 16.6 Å². The highest BCUT2D eigenvalue weighted by Crippen LogP contribution is 2.27. The second kappa shape index (κ2) is 2.41. The molecule has 3 aromatic heterocycles. The van der Waals surface area contributed by atoms with Gasteiger partial charge in [-0.05, 0) is 37.6 Å². The van der Waals surface area contributed by atoms with E-state index >= 15 is 0 Å². The van der Waals surface area contributed by atoms with E-state index < -0.39 is 0 Å². The molecule has 0 N–H and O–H groups in total. The van der Waals surface area contributed by atoms with Crippen molar-refractivity contribution in [2.45, 2.75) is 13.8 Å². The van der Waals surface area contributed by atoms with Gasteiger partial charge in [0.2, 0.25) is 5.71 Å². The summed E-state index contributed by atoms with van der Waals surface area (Å²) in [5.41, 5.74) is 3.38. The van der Waals surface area contributed by atoms with Crippen molar-refractivity contribution in [3.63, 3.8) is 0 Å². The minimum Gasteiger partial charge on any atom is -0.444 e. The van der Waals surface area contributed by atoms with Crippen LogP contribution in [0.2, 0.25) is 0 Å². The smallest absolute Gasteiger partial charge is 0.211 e. The number of aryl methyl sites for hydroxylation is 2. The minimum atomic E-state index is 0.954. The number of nitrogens with zero attached hydrogens (tertiary/aromatic N) is 1. The van der Waals surface area contributed by atoms with E-state index in [2.05, 4.69) is 23.5 Å². The number of pyridine rings is 1. The van der Waals surface area contributed by atoms with Crippen LogP contribution in [0.5, 0.6) is 0 Å². The van der Waals surface area contributed by atoms with Crippen molar-refractivity contribution in [2.24, 2.45) is 0 Å². The van der Waals surface area contributed by atoms with Crippen LogP contribution in [0.15, 0.2) is 34.9 Å². The number of fused-ring (bicyclic) bond motifs is 3. The standard InChI is InChI=1S/C12H11NO/c1-8-9(2)14-12-11(8)7-10-5-3-4-6-13(10)12/h3-7H,1-2H3. The molecule has 0 fully saturated rings. The molecule has 0 saturated heterocycles. The Kier molecular flexibility index (Phi) is 1.32. The molecule has 0 aliphatic heterocycles. The highest BCUT2D eigenvalue weighted by molar-refractivity contribution is 5.86. The molecule has 70 valence electrons. The van der Waals surface area contributed by atoms with Crippen LogP contribution in [0.4, 0.5) is 0 Å². The van der Waals surface area contributed by atoms with Crippen LogP contribution in [0.25, 0.3) is 16.6 Å². The summed E-state index contributed by atoms with van der Waals surface area (Å²) in [7, 11) is 0. The summed E-state index contributed by atoms with van der Waals surface area (Å²) in [6.45, 7) is 4.10. The summed E-state index contributed by atoms with van der Waals surface area (Å²) in [5, 5.41) is 1.22. The number of hydrogen-bond donors (Lipinski definition) is 0. The largest absolute Gasteiger partial charge is 0.444 e. The first-order valence-electron chi connectivity index (χ1n) is 4.73. The summed E-state index contributed by atoms with van der Waals surface area (Å²) in [5.74, 6) is 1.01. The summed E-state index contributed by atoms with van der Waals surface area (Å²) in [4.78, 5) is 0. The predicted octanol–water partition coefficient (Wildman–Crippen LogP) is 3.30. The van der Waals surface area contributed by atoms with E-state index in [1.54, 1.807) is 0 Å². The van der Waals surface area contributed by atoms with Crippen molar-refractivity contribution in [3.05, 3.63) is 41.8 Å². The van der Waals surface area contributed by atoms with E-state index in [1.807, 2.05) is 25.3 Å². The van der Waals surface area contributed by atoms with Gasteiger partial charge in [0.05, 0.1) is 0 Å². The fraction of sp³-hybridized carbons (Fsp3) is 0.167. The minimum absolute atomic E-state index is 0.954. The van der Waals surface area contributed by atoms with Crippen LogP contribution in [-0.4, -0.2) is 4.40 Å². The fourth-order valence-corrected chi connectivity index (χ4v) is 1.88. The Labute approximate surface area is 81.8 Å². The van der Waals surface area contributed by atoms with Crippen LogP contribution >= 0.6 is 0 Å². The van der Waals surface area contributed by atoms with Gasteiger partial charge in [0.15, 0.2) is 0 Å². The molecule has 14 heavy (non-hydrogen) atoms. The lowest BCUT2D eigenvalue weighted by molar-refractivity contribution is 0.560. The molecule has 3 rings (SSSR count). The molecule has 0 spiro atoms. The van der Waals surface area contributed by atoms with Gasteiger partial charge in [0.25, 0.3) is 0 Å². The zero-order valence-electron chi connectivity index (χ0n) is 8.24. The van der Waals surface area contributed by atoms with E-state index in [0.717, 1.165) is 11.5 Å². The molecule has 0 atom stereocenters. The summed E-state index contributed by atoms with van der Waals surface area (Å²) in [6.07, 6.45) is 2.03. The molecular formula is C12H11NO. The predicted molar refractivity (Wildman–Crippen MR) is 56.6 cm³/mol. The summed E-state index contributed by atoms with van der Waals surface area (Å²) in [6, 6.07) is 8.31. The Hall–Kier alpha value is -1.70. The SMILES string of the molecule is Cc1oc2c(cc3ccccn32)c1C. The van der Waals surface area contributed by atoms with Crippen LogP contribution in [0.1, 0.15) is 11.3 Å². The van der Waals surface area contributed by atoms with Gasteiger partial charge in [-0.2, -0.15) is 0 Å². The Morgan fingerprint density at radius 1 is 1.21 bits per heavy atom. The number of aromatic nitrogens is 1. The first-order valence-corrected chi connectivity index (χ1v) is 4.73. The van der Waals surface area contributed by atoms with Crippen LogP contribution in [-0.2, 0) is 0 Å². The first-order chi connectivity index (χ1) is 6.77. The third-order valence-electron chi connectivity index (χ3n) is 2.81. The number of rotatable bonds is 0. The van der Waals surface area contributed by atoms with Gasteiger partial charge in [0, 0.05) is 17.1 Å². The zero-order valence-corrected chi connectivity index (χ0v) is 8.24. The molecule has 2 nitrogen and oxygen atoms in total. The highest BCUT2D eigenvalue weighted by atomic mass is 16.3. The maximum atomic E-state index is 5.71. The van der Waals surface area contributed by atoms with Crippen molar-refractivity contribution in [1.82, 2.24) is 4.40 Å². The lowest BCUT2D eigenvalue weighted by Crippen LogP contribution is -1.78. The van der Waals surface area contributed by atoms with Gasteiger partial charge in [-0.3, -0.25) is 4.40 Å². The molecule has 0 radical (unpaired) electrons. The van der Waals surface area contributed by atoms with Gasteiger partial charge >= 0.3 is 0 Å². The summed E-state index contributed by atoms with van der Waals surface area (Å²) < 4.78 is 7.79. The lowest BCUT2D eigenvalue weighted by Gasteiger charge is -1.92. The van der Waals surface area contributed by atoms with Gasteiger partial charge in [-0.15, -0.1) is 0 Å². The monoisotopic (exact) mass is 185 g/mol. The maximum absolute atomic E-state index is 5.71. The van der Waals surface area contributed by atoms with Gasteiger partial charge in [-0.1, -0.05) is 6.07 Å². The van der Waals surface area contributed by atoms with Crippen LogP contribution in [0.3, 0.4) is 0 Å². The number of hydrogen-bond acceptors (Lipinski definition) is 1. The fourth-order valence-electron chi connectivity index (χ4n) is 1.88. The van der Waals surface area contributed by atoms with Crippen molar-refractivity contribution in [2.75, 3.05) is 0 Å². The van der Waals surface area contributed by atoms with Gasteiger partial charge < -0.3 is 4.42 Å². The van der Waals surface area contributed by atoms with E-state index in [0.29, 0.717) is 0 Å². The van der Waals surface area contributed by atoms with Gasteiger partial charge in [0.1, 0.15) is 5.76 Å². The molecule has 3 aromatic rings. The molecule has 0 bridgehead atoms. The van der Waals surface area contributed by atoms with E-state index in [4.69, 9.17) is 4.42 Å². The highest BCUT2D eigenvalue weighted by Gasteiger charge is 2.10.